The number of hydrogen-bond donors (Lipinski definition) is 3. The SMILES string of the molecule is O=C(O)[C@@H](CO)NCc1cc(Cl)c(OCc2cccc(-c3cccc(OCCCN4CCOCC4)c3)c2F)cc1OCc1ccc2nonc2c1. The number of benzene rings is 4. The molecule has 0 saturated carbocycles. The van der Waals surface area contributed by atoms with E-state index in [4.69, 9.17) is 35.2 Å². The molecule has 0 unspecified atom stereocenters. The van der Waals surface area contributed by atoms with Crippen LogP contribution in [-0.2, 0) is 29.3 Å². The number of rotatable bonds is 17. The highest BCUT2D eigenvalue weighted by Gasteiger charge is 2.19. The van der Waals surface area contributed by atoms with Crippen molar-refractivity contribution in [3.63, 3.8) is 0 Å². The van der Waals surface area contributed by atoms with Gasteiger partial charge in [0.05, 0.1) is 31.5 Å². The molecular weight excluding hydrogens is 683 g/mol. The van der Waals surface area contributed by atoms with Gasteiger partial charge in [-0.3, -0.25) is 15.0 Å². The minimum atomic E-state index is -1.21. The summed E-state index contributed by atoms with van der Waals surface area (Å²) in [7, 11) is 0. The van der Waals surface area contributed by atoms with Crippen molar-refractivity contribution in [2.45, 2.75) is 32.2 Å². The van der Waals surface area contributed by atoms with Crippen molar-refractivity contribution < 1.29 is 43.0 Å². The van der Waals surface area contributed by atoms with Crippen molar-refractivity contribution in [2.75, 3.05) is 46.1 Å². The number of fused-ring (bicyclic) bond motifs is 1. The number of carboxylic acid groups (broad SMARTS) is 1. The van der Waals surface area contributed by atoms with Gasteiger partial charge in [-0.15, -0.1) is 0 Å². The first-order valence-electron chi connectivity index (χ1n) is 16.5. The highest BCUT2D eigenvalue weighted by molar-refractivity contribution is 6.32. The minimum Gasteiger partial charge on any atom is -0.494 e. The van der Waals surface area contributed by atoms with Crippen LogP contribution in [0.3, 0.4) is 0 Å². The maximum atomic E-state index is 15.9. The molecule has 14 heteroatoms. The Balaban J connectivity index is 1.14. The van der Waals surface area contributed by atoms with E-state index in [1.165, 1.54) is 0 Å². The van der Waals surface area contributed by atoms with Crippen molar-refractivity contribution in [3.05, 3.63) is 100 Å². The first kappa shape index (κ1) is 36.0. The highest BCUT2D eigenvalue weighted by atomic mass is 35.5. The van der Waals surface area contributed by atoms with Gasteiger partial charge in [-0.1, -0.05) is 48.0 Å². The lowest BCUT2D eigenvalue weighted by Gasteiger charge is -2.26. The third-order valence-corrected chi connectivity index (χ3v) is 8.74. The van der Waals surface area contributed by atoms with Crippen LogP contribution in [0.4, 0.5) is 4.39 Å². The maximum absolute atomic E-state index is 15.9. The van der Waals surface area contributed by atoms with Crippen LogP contribution in [0.25, 0.3) is 22.2 Å². The van der Waals surface area contributed by atoms with Crippen molar-refractivity contribution in [1.82, 2.24) is 20.5 Å². The Kier molecular flexibility index (Phi) is 12.3. The summed E-state index contributed by atoms with van der Waals surface area (Å²) in [6, 6.07) is 19.8. The third kappa shape index (κ3) is 9.51. The van der Waals surface area contributed by atoms with Gasteiger partial charge in [0.25, 0.3) is 0 Å². The minimum absolute atomic E-state index is 0.0203. The van der Waals surface area contributed by atoms with Crippen LogP contribution in [-0.4, -0.2) is 83.5 Å². The molecule has 0 bridgehead atoms. The Morgan fingerprint density at radius 1 is 0.941 bits per heavy atom. The van der Waals surface area contributed by atoms with Gasteiger partial charge >= 0.3 is 5.97 Å². The summed E-state index contributed by atoms with van der Waals surface area (Å²) in [6.45, 7) is 4.26. The average molecular weight is 721 g/mol. The zero-order valence-corrected chi connectivity index (χ0v) is 28.5. The number of ether oxygens (including phenoxy) is 4. The molecule has 1 saturated heterocycles. The number of carbonyl (C=O) groups is 1. The molecule has 2 heterocycles. The molecule has 1 aliphatic rings. The van der Waals surface area contributed by atoms with Crippen molar-refractivity contribution in [3.8, 4) is 28.4 Å². The number of aliphatic hydroxyl groups excluding tert-OH is 1. The van der Waals surface area contributed by atoms with Gasteiger partial charge < -0.3 is 29.2 Å². The van der Waals surface area contributed by atoms with E-state index in [1.807, 2.05) is 30.3 Å². The molecule has 51 heavy (non-hydrogen) atoms. The third-order valence-electron chi connectivity index (χ3n) is 8.45. The molecule has 3 N–H and O–H groups in total. The number of aliphatic hydroxyl groups is 1. The number of carboxylic acids is 1. The first-order chi connectivity index (χ1) is 24.9. The molecule has 0 amide bonds. The van der Waals surface area contributed by atoms with E-state index < -0.39 is 24.4 Å². The monoisotopic (exact) mass is 720 g/mol. The molecule has 0 aliphatic carbocycles. The Morgan fingerprint density at radius 3 is 2.57 bits per heavy atom. The van der Waals surface area contributed by atoms with Crippen LogP contribution >= 0.6 is 11.6 Å². The highest BCUT2D eigenvalue weighted by Crippen LogP contribution is 2.35. The summed E-state index contributed by atoms with van der Waals surface area (Å²) in [5.74, 6) is -0.393. The Bertz CT molecular complexity index is 1940. The van der Waals surface area contributed by atoms with Crippen LogP contribution < -0.4 is 19.5 Å². The normalized spacial score (nSPS) is 14.0. The molecule has 0 radical (unpaired) electrons. The second kappa shape index (κ2) is 17.4. The molecule has 1 aliphatic heterocycles. The van der Waals surface area contributed by atoms with Gasteiger partial charge in [-0.05, 0) is 58.2 Å². The summed E-state index contributed by atoms with van der Waals surface area (Å²) in [6.07, 6.45) is 0.875. The second-order valence-corrected chi connectivity index (χ2v) is 12.4. The molecule has 0 spiro atoms. The van der Waals surface area contributed by atoms with Gasteiger partial charge in [0.15, 0.2) is 0 Å². The molecular formula is C37H38ClFN4O8. The lowest BCUT2D eigenvalue weighted by atomic mass is 10.0. The molecule has 6 rings (SSSR count). The average Bonchev–Trinajstić information content (AvgIpc) is 3.62. The fraction of sp³-hybridized carbons (Fsp3) is 0.324. The number of aromatic nitrogens is 2. The predicted octanol–water partition coefficient (Wildman–Crippen LogP) is 5.48. The van der Waals surface area contributed by atoms with E-state index in [2.05, 4.69) is 20.5 Å². The van der Waals surface area contributed by atoms with E-state index in [0.29, 0.717) is 51.4 Å². The van der Waals surface area contributed by atoms with Crippen molar-refractivity contribution in [2.24, 2.45) is 0 Å². The summed E-state index contributed by atoms with van der Waals surface area (Å²) in [5, 5.41) is 29.5. The summed E-state index contributed by atoms with van der Waals surface area (Å²) in [5.41, 5.74) is 3.85. The standard InChI is InChI=1S/C37H38ClFN4O8/c38-30-18-27(20-40-33(21-44)37(45)46)34(49-22-24-8-9-31-32(16-24)42-51-41-31)19-35(30)50-23-26-5-2-7-29(36(26)39)25-4-1-6-28(17-25)48-13-3-10-43-11-14-47-15-12-43/h1-2,4-9,16-19,33,40,44H,3,10-15,20-23H2,(H,45,46)/t33-/m1/s1. The Hall–Kier alpha value is -4.79. The van der Waals surface area contributed by atoms with Gasteiger partial charge in [0, 0.05) is 48.9 Å². The smallest absolute Gasteiger partial charge is 0.323 e. The molecule has 4 aromatic carbocycles. The van der Waals surface area contributed by atoms with Crippen LogP contribution in [0.15, 0.2) is 77.4 Å². The fourth-order valence-electron chi connectivity index (χ4n) is 5.63. The van der Waals surface area contributed by atoms with Crippen LogP contribution in [0.2, 0.25) is 5.02 Å². The summed E-state index contributed by atoms with van der Waals surface area (Å²) in [4.78, 5) is 13.8. The zero-order chi connectivity index (χ0) is 35.6. The fourth-order valence-corrected chi connectivity index (χ4v) is 5.87. The number of hydrogen-bond acceptors (Lipinski definition) is 11. The van der Waals surface area contributed by atoms with E-state index in [1.54, 1.807) is 42.5 Å². The van der Waals surface area contributed by atoms with Crippen molar-refractivity contribution in [1.29, 1.82) is 0 Å². The predicted molar refractivity (Wildman–Crippen MR) is 186 cm³/mol. The van der Waals surface area contributed by atoms with Gasteiger partial charge in [0.2, 0.25) is 0 Å². The van der Waals surface area contributed by atoms with Crippen LogP contribution in [0.5, 0.6) is 17.2 Å². The van der Waals surface area contributed by atoms with Crippen LogP contribution in [0, 0.1) is 5.82 Å². The molecule has 1 atom stereocenters. The Morgan fingerprint density at radius 2 is 1.75 bits per heavy atom. The summed E-state index contributed by atoms with van der Waals surface area (Å²) < 4.78 is 44.3. The van der Waals surface area contributed by atoms with E-state index in [9.17, 15) is 15.0 Å². The maximum Gasteiger partial charge on any atom is 0.323 e. The van der Waals surface area contributed by atoms with Gasteiger partial charge in [-0.2, -0.15) is 0 Å². The molecule has 268 valence electrons. The Labute approximate surface area is 298 Å². The largest absolute Gasteiger partial charge is 0.494 e. The number of nitrogens with zero attached hydrogens (tertiary/aromatic N) is 3. The molecule has 5 aromatic rings. The number of morpholine rings is 1. The van der Waals surface area contributed by atoms with E-state index in [0.717, 1.165) is 44.8 Å². The first-order valence-corrected chi connectivity index (χ1v) is 16.9. The number of nitrogens with one attached hydrogen (secondary N) is 1. The number of aliphatic carboxylic acids is 1. The van der Waals surface area contributed by atoms with Crippen LogP contribution in [0.1, 0.15) is 23.1 Å². The second-order valence-electron chi connectivity index (χ2n) is 12.0. The topological polar surface area (TPSA) is 149 Å². The molecule has 1 aromatic heterocycles. The molecule has 1 fully saturated rings. The number of halogens is 2. The zero-order valence-electron chi connectivity index (χ0n) is 27.7. The van der Waals surface area contributed by atoms with E-state index >= 15 is 4.39 Å². The quantitative estimate of drug-likeness (QED) is 0.105. The van der Waals surface area contributed by atoms with Gasteiger partial charge in [0.1, 0.15) is 53.4 Å². The molecule has 12 nitrogen and oxygen atoms in total. The lowest BCUT2D eigenvalue weighted by Crippen LogP contribution is -2.39. The van der Waals surface area contributed by atoms with Crippen molar-refractivity contribution >= 4 is 28.6 Å². The van der Waals surface area contributed by atoms with E-state index in [-0.39, 0.29) is 30.5 Å². The lowest BCUT2D eigenvalue weighted by molar-refractivity contribution is -0.140. The summed E-state index contributed by atoms with van der Waals surface area (Å²) >= 11 is 6.61. The van der Waals surface area contributed by atoms with Gasteiger partial charge in [-0.25, -0.2) is 9.02 Å².